The van der Waals surface area contributed by atoms with Crippen LogP contribution < -0.4 is 5.43 Å². The van der Waals surface area contributed by atoms with Crippen molar-refractivity contribution in [2.75, 3.05) is 14.1 Å². The van der Waals surface area contributed by atoms with Gasteiger partial charge in [0.2, 0.25) is 0 Å². The molecule has 0 aromatic carbocycles. The van der Waals surface area contributed by atoms with Crippen molar-refractivity contribution in [1.82, 2.24) is 15.4 Å². The first-order valence-electron chi connectivity index (χ1n) is 5.17. The fourth-order valence-electron chi connectivity index (χ4n) is 1.33. The Hall–Kier alpha value is -1.13. The maximum Gasteiger partial charge on any atom is 0.265 e. The molecule has 0 aliphatic carbocycles. The van der Waals surface area contributed by atoms with Gasteiger partial charge < -0.3 is 0 Å². The third kappa shape index (κ3) is 3.79. The summed E-state index contributed by atoms with van der Waals surface area (Å²) in [5.41, 5.74) is 4.05. The van der Waals surface area contributed by atoms with Gasteiger partial charge in [-0.3, -0.25) is 10.2 Å². The van der Waals surface area contributed by atoms with Crippen molar-refractivity contribution in [3.8, 4) is 0 Å². The van der Waals surface area contributed by atoms with E-state index in [0.717, 1.165) is 18.5 Å². The van der Waals surface area contributed by atoms with E-state index in [0.29, 0.717) is 10.7 Å². The Bertz CT molecular complexity index is 379. The summed E-state index contributed by atoms with van der Waals surface area (Å²) >= 11 is 5.86. The molecule has 1 aromatic rings. The third-order valence-corrected chi connectivity index (χ3v) is 2.13. The van der Waals surface area contributed by atoms with Gasteiger partial charge in [0.1, 0.15) is 5.15 Å². The van der Waals surface area contributed by atoms with Gasteiger partial charge in [-0.1, -0.05) is 24.9 Å². The number of carbonyl (C=O) groups is 1. The summed E-state index contributed by atoms with van der Waals surface area (Å²) in [6, 6.07) is 3.34. The lowest BCUT2D eigenvalue weighted by atomic mass is 10.1. The summed E-state index contributed by atoms with van der Waals surface area (Å²) in [5, 5.41) is 1.95. The molecule has 88 valence electrons. The number of hydrogen-bond acceptors (Lipinski definition) is 3. The molecule has 5 heteroatoms. The molecule has 0 radical (unpaired) electrons. The van der Waals surface area contributed by atoms with Crippen LogP contribution in [0, 0.1) is 0 Å². The minimum atomic E-state index is -0.174. The van der Waals surface area contributed by atoms with E-state index in [9.17, 15) is 4.79 Å². The molecule has 16 heavy (non-hydrogen) atoms. The zero-order valence-electron chi connectivity index (χ0n) is 9.75. The number of rotatable bonds is 4. The lowest BCUT2D eigenvalue weighted by molar-refractivity contribution is 0.0856. The number of aryl methyl sites for hydroxylation is 1. The number of carbonyl (C=O) groups excluding carboxylic acids is 1. The lowest BCUT2D eigenvalue weighted by Crippen LogP contribution is -2.36. The highest BCUT2D eigenvalue weighted by Crippen LogP contribution is 2.12. The summed E-state index contributed by atoms with van der Waals surface area (Å²) in [6.45, 7) is 2.06. The summed E-state index contributed by atoms with van der Waals surface area (Å²) < 4.78 is 0. The van der Waals surface area contributed by atoms with Crippen molar-refractivity contribution >= 4 is 17.5 Å². The van der Waals surface area contributed by atoms with E-state index in [-0.39, 0.29) is 5.91 Å². The Morgan fingerprint density at radius 1 is 1.50 bits per heavy atom. The zero-order valence-corrected chi connectivity index (χ0v) is 10.5. The third-order valence-electron chi connectivity index (χ3n) is 1.94. The van der Waals surface area contributed by atoms with Gasteiger partial charge in [0.05, 0.1) is 0 Å². The molecule has 4 nitrogen and oxygen atoms in total. The number of halogens is 1. The standard InChI is InChI=1S/C11H16ClN3O/c1-4-5-9-6-8(7-10(12)13-9)11(16)14-15(2)3/h6-7H,4-5H2,1-3H3,(H,14,16). The van der Waals surface area contributed by atoms with E-state index in [1.54, 1.807) is 31.2 Å². The summed E-state index contributed by atoms with van der Waals surface area (Å²) in [7, 11) is 3.52. The zero-order chi connectivity index (χ0) is 12.1. The highest BCUT2D eigenvalue weighted by molar-refractivity contribution is 6.29. The summed E-state index contributed by atoms with van der Waals surface area (Å²) in [6.07, 6.45) is 1.80. The van der Waals surface area contributed by atoms with Crippen molar-refractivity contribution in [2.24, 2.45) is 0 Å². The molecular weight excluding hydrogens is 226 g/mol. The second-order valence-electron chi connectivity index (χ2n) is 3.76. The van der Waals surface area contributed by atoms with Crippen molar-refractivity contribution in [2.45, 2.75) is 19.8 Å². The average molecular weight is 242 g/mol. The maximum atomic E-state index is 11.7. The van der Waals surface area contributed by atoms with E-state index >= 15 is 0 Å². The Morgan fingerprint density at radius 3 is 2.75 bits per heavy atom. The minimum Gasteiger partial charge on any atom is -0.285 e. The molecule has 0 atom stereocenters. The first-order valence-corrected chi connectivity index (χ1v) is 5.55. The molecule has 0 fully saturated rings. The molecule has 1 N–H and O–H groups in total. The molecule has 1 aromatic heterocycles. The van der Waals surface area contributed by atoms with Gasteiger partial charge in [0, 0.05) is 25.4 Å². The van der Waals surface area contributed by atoms with Crippen LogP contribution in [0.3, 0.4) is 0 Å². The fraction of sp³-hybridized carbons (Fsp3) is 0.455. The van der Waals surface area contributed by atoms with Crippen LogP contribution in [-0.4, -0.2) is 30.0 Å². The van der Waals surface area contributed by atoms with Crippen molar-refractivity contribution in [3.63, 3.8) is 0 Å². The molecule has 1 heterocycles. The van der Waals surface area contributed by atoms with E-state index < -0.39 is 0 Å². The van der Waals surface area contributed by atoms with Gasteiger partial charge in [-0.05, 0) is 18.6 Å². The van der Waals surface area contributed by atoms with E-state index in [2.05, 4.69) is 17.3 Å². The fourth-order valence-corrected chi connectivity index (χ4v) is 1.56. The van der Waals surface area contributed by atoms with Crippen LogP contribution in [0.1, 0.15) is 29.4 Å². The van der Waals surface area contributed by atoms with E-state index in [1.165, 1.54) is 0 Å². The molecule has 0 aliphatic rings. The first kappa shape index (κ1) is 12.9. The highest BCUT2D eigenvalue weighted by Gasteiger charge is 2.09. The Kier molecular flexibility index (Phi) is 4.71. The van der Waals surface area contributed by atoms with Gasteiger partial charge in [-0.2, -0.15) is 0 Å². The maximum absolute atomic E-state index is 11.7. The predicted octanol–water partition coefficient (Wildman–Crippen LogP) is 1.89. The van der Waals surface area contributed by atoms with Crippen LogP contribution >= 0.6 is 11.6 Å². The molecule has 0 spiro atoms. The number of aromatic nitrogens is 1. The quantitative estimate of drug-likeness (QED) is 0.647. The highest BCUT2D eigenvalue weighted by atomic mass is 35.5. The Labute approximate surface area is 101 Å². The van der Waals surface area contributed by atoms with Gasteiger partial charge >= 0.3 is 0 Å². The molecule has 1 amide bonds. The first-order chi connectivity index (χ1) is 7.52. The lowest BCUT2D eigenvalue weighted by Gasteiger charge is -2.12. The molecule has 0 saturated heterocycles. The van der Waals surface area contributed by atoms with Gasteiger partial charge in [-0.15, -0.1) is 0 Å². The smallest absolute Gasteiger partial charge is 0.265 e. The minimum absolute atomic E-state index is 0.174. The second-order valence-corrected chi connectivity index (χ2v) is 4.14. The normalized spacial score (nSPS) is 10.6. The van der Waals surface area contributed by atoms with E-state index in [1.807, 2.05) is 0 Å². The number of amides is 1. The van der Waals surface area contributed by atoms with Crippen molar-refractivity contribution in [3.05, 3.63) is 28.5 Å². The van der Waals surface area contributed by atoms with Crippen molar-refractivity contribution < 1.29 is 4.79 Å². The van der Waals surface area contributed by atoms with Crippen LogP contribution in [0.4, 0.5) is 0 Å². The number of nitrogens with one attached hydrogen (secondary N) is 1. The SMILES string of the molecule is CCCc1cc(C(=O)NN(C)C)cc(Cl)n1. The van der Waals surface area contributed by atoms with Crippen LogP contribution in [0.5, 0.6) is 0 Å². The molecule has 0 aliphatic heterocycles. The predicted molar refractivity (Wildman–Crippen MR) is 64.4 cm³/mol. The topological polar surface area (TPSA) is 45.2 Å². The number of hydrazine groups is 1. The molecule has 0 saturated carbocycles. The molecule has 1 rings (SSSR count). The summed E-state index contributed by atoms with van der Waals surface area (Å²) in [5.74, 6) is -0.174. The van der Waals surface area contributed by atoms with Crippen LogP contribution in [0.25, 0.3) is 0 Å². The Balaban J connectivity index is 2.91. The average Bonchev–Trinajstić information content (AvgIpc) is 2.16. The molecular formula is C11H16ClN3O. The van der Waals surface area contributed by atoms with E-state index in [4.69, 9.17) is 11.6 Å². The number of pyridine rings is 1. The van der Waals surface area contributed by atoms with Gasteiger partial charge in [0.15, 0.2) is 0 Å². The van der Waals surface area contributed by atoms with Gasteiger partial charge in [-0.25, -0.2) is 9.99 Å². The van der Waals surface area contributed by atoms with Crippen LogP contribution in [0.2, 0.25) is 5.15 Å². The molecule has 0 bridgehead atoms. The number of nitrogens with zero attached hydrogens (tertiary/aromatic N) is 2. The van der Waals surface area contributed by atoms with Crippen LogP contribution in [-0.2, 0) is 6.42 Å². The monoisotopic (exact) mass is 241 g/mol. The molecule has 0 unspecified atom stereocenters. The largest absolute Gasteiger partial charge is 0.285 e. The second kappa shape index (κ2) is 5.82. The van der Waals surface area contributed by atoms with Gasteiger partial charge in [0.25, 0.3) is 5.91 Å². The Morgan fingerprint density at radius 2 is 2.19 bits per heavy atom. The van der Waals surface area contributed by atoms with Crippen LogP contribution in [0.15, 0.2) is 12.1 Å². The summed E-state index contributed by atoms with van der Waals surface area (Å²) in [4.78, 5) is 15.9. The number of hydrogen-bond donors (Lipinski definition) is 1. The van der Waals surface area contributed by atoms with Crippen molar-refractivity contribution in [1.29, 1.82) is 0 Å².